The van der Waals surface area contributed by atoms with Crippen molar-refractivity contribution in [2.24, 2.45) is 0 Å². The third-order valence-corrected chi connectivity index (χ3v) is 16.8. The van der Waals surface area contributed by atoms with E-state index in [1.165, 1.54) is 253 Å². The molecule has 4 aromatic rings. The van der Waals surface area contributed by atoms with Crippen molar-refractivity contribution in [2.75, 3.05) is 0 Å². The first-order valence-corrected chi connectivity index (χ1v) is 32.8. The minimum Gasteiger partial charge on any atom is -0.744 e. The molecule has 0 aromatic heterocycles. The Labute approximate surface area is 489 Å². The Hall–Kier alpha value is -1.21. The fraction of sp³-hybridized carbons (Fsp3) is 0.688. The Morgan fingerprint density at radius 2 is 0.521 bits per heavy atom. The van der Waals surface area contributed by atoms with Gasteiger partial charge in [-0.3, -0.25) is 0 Å². The van der Waals surface area contributed by atoms with Crippen molar-refractivity contribution in [3.05, 3.63) is 82.9 Å². The average molecular weight is 1170 g/mol. The number of unbranched alkanes of at least 4 members (excludes halogenated alkanes) is 32. The van der Waals surface area contributed by atoms with Gasteiger partial charge in [-0.05, 0) is 119 Å². The first-order valence-electron chi connectivity index (χ1n) is 29.9. The molecule has 0 aliphatic rings. The van der Waals surface area contributed by atoms with Crippen molar-refractivity contribution in [1.29, 1.82) is 0 Å². The molecular formula is C64H102BaO6S2. The van der Waals surface area contributed by atoms with Crippen molar-refractivity contribution in [3.8, 4) is 0 Å². The Balaban J connectivity index is 0.000000493. The van der Waals surface area contributed by atoms with E-state index in [2.05, 4.69) is 52.0 Å². The van der Waals surface area contributed by atoms with Crippen LogP contribution in [-0.2, 0) is 45.9 Å². The number of hydrogen-bond donors (Lipinski definition) is 0. The maximum atomic E-state index is 11.7. The van der Waals surface area contributed by atoms with E-state index >= 15 is 0 Å². The molecule has 0 saturated heterocycles. The van der Waals surface area contributed by atoms with Crippen LogP contribution >= 0.6 is 0 Å². The second-order valence-electron chi connectivity index (χ2n) is 21.4. The summed E-state index contributed by atoms with van der Waals surface area (Å²) < 4.78 is 70.2. The van der Waals surface area contributed by atoms with Crippen molar-refractivity contribution in [3.63, 3.8) is 0 Å². The molecule has 0 amide bonds. The molecule has 4 aromatic carbocycles. The summed E-state index contributed by atoms with van der Waals surface area (Å²) in [5.41, 5.74) is 5.21. The Kier molecular flexibility index (Phi) is 38.9. The van der Waals surface area contributed by atoms with Gasteiger partial charge in [-0.1, -0.05) is 270 Å². The zero-order valence-corrected chi connectivity index (χ0v) is 53.1. The van der Waals surface area contributed by atoms with Crippen molar-refractivity contribution in [1.82, 2.24) is 0 Å². The summed E-state index contributed by atoms with van der Waals surface area (Å²) in [5.74, 6) is 0. The molecule has 0 radical (unpaired) electrons. The number of aryl methyl sites for hydroxylation is 4. The first-order chi connectivity index (χ1) is 34.9. The van der Waals surface area contributed by atoms with Gasteiger partial charge >= 0.3 is 48.9 Å². The maximum absolute atomic E-state index is 11.7. The van der Waals surface area contributed by atoms with Gasteiger partial charge in [0.1, 0.15) is 20.2 Å². The quantitative estimate of drug-likeness (QED) is 0.0248. The van der Waals surface area contributed by atoms with E-state index in [0.29, 0.717) is 0 Å². The zero-order valence-electron chi connectivity index (χ0n) is 47.0. The van der Waals surface area contributed by atoms with Gasteiger partial charge in [0.05, 0.1) is 9.79 Å². The van der Waals surface area contributed by atoms with Crippen LogP contribution < -0.4 is 0 Å². The minimum absolute atomic E-state index is 0. The van der Waals surface area contributed by atoms with Crippen molar-refractivity contribution >= 4 is 90.7 Å². The van der Waals surface area contributed by atoms with Crippen LogP contribution in [0.1, 0.15) is 281 Å². The monoisotopic (exact) mass is 1170 g/mol. The SMILES string of the molecule is CCCCCCCCCCCc1ccc2ccc(S(=O)(=O)[O-])cc2c1CCCCCCCCCCC.CCCCCCCCCCCc1ccc2ccc(S(=O)(=O)[O-])cc2c1CCCCCCCCCCC.[Ba+2]. The normalized spacial score (nSPS) is 11.8. The molecule has 0 fully saturated rings. The third-order valence-electron chi connectivity index (χ3n) is 15.1. The molecule has 0 bridgehead atoms. The summed E-state index contributed by atoms with van der Waals surface area (Å²) in [6.07, 6.45) is 50.8. The van der Waals surface area contributed by atoms with E-state index in [1.807, 2.05) is 0 Å². The van der Waals surface area contributed by atoms with E-state index < -0.39 is 20.2 Å². The van der Waals surface area contributed by atoms with Crippen molar-refractivity contribution < 1.29 is 25.9 Å². The Morgan fingerprint density at radius 1 is 0.301 bits per heavy atom. The van der Waals surface area contributed by atoms with Crippen LogP contribution in [0.3, 0.4) is 0 Å². The van der Waals surface area contributed by atoms with Crippen LogP contribution in [0.5, 0.6) is 0 Å². The van der Waals surface area contributed by atoms with Crippen LogP contribution in [0.15, 0.2) is 70.5 Å². The predicted octanol–water partition coefficient (Wildman–Crippen LogP) is 19.4. The molecule has 0 spiro atoms. The van der Waals surface area contributed by atoms with Crippen LogP contribution in [-0.4, -0.2) is 74.8 Å². The molecule has 0 aliphatic heterocycles. The number of fused-ring (bicyclic) bond motifs is 2. The van der Waals surface area contributed by atoms with E-state index in [9.17, 15) is 25.9 Å². The summed E-state index contributed by atoms with van der Waals surface area (Å²) in [7, 11) is -8.90. The third kappa shape index (κ3) is 29.4. The van der Waals surface area contributed by atoms with Gasteiger partial charge in [0.2, 0.25) is 0 Å². The summed E-state index contributed by atoms with van der Waals surface area (Å²) >= 11 is 0. The van der Waals surface area contributed by atoms with Crippen molar-refractivity contribution in [2.45, 2.75) is 294 Å². The van der Waals surface area contributed by atoms with Gasteiger partial charge in [0.25, 0.3) is 0 Å². The molecule has 4 rings (SSSR count). The van der Waals surface area contributed by atoms with E-state index in [0.717, 1.165) is 60.1 Å². The largest absolute Gasteiger partial charge is 2.00 e. The topological polar surface area (TPSA) is 114 Å². The second kappa shape index (κ2) is 41.8. The van der Waals surface area contributed by atoms with Gasteiger partial charge in [-0.25, -0.2) is 16.8 Å². The molecule has 0 unspecified atom stereocenters. The first kappa shape index (κ1) is 67.9. The number of benzene rings is 4. The Bertz CT molecular complexity index is 2100. The molecule has 73 heavy (non-hydrogen) atoms. The molecule has 0 saturated carbocycles. The molecule has 0 N–H and O–H groups in total. The Morgan fingerprint density at radius 3 is 0.767 bits per heavy atom. The van der Waals surface area contributed by atoms with E-state index in [-0.39, 0.29) is 58.7 Å². The fourth-order valence-corrected chi connectivity index (χ4v) is 11.7. The molecular weight excluding hydrogens is 1070 g/mol. The van der Waals surface area contributed by atoms with Crippen LogP contribution in [0, 0.1) is 0 Å². The molecule has 0 heterocycles. The smallest absolute Gasteiger partial charge is 0.744 e. The van der Waals surface area contributed by atoms with Gasteiger partial charge < -0.3 is 9.11 Å². The average Bonchev–Trinajstić information content (AvgIpc) is 3.36. The molecule has 408 valence electrons. The summed E-state index contributed by atoms with van der Waals surface area (Å²) in [5, 5.41) is 3.98. The predicted molar refractivity (Wildman–Crippen MR) is 313 cm³/mol. The van der Waals surface area contributed by atoms with Gasteiger partial charge in [-0.2, -0.15) is 0 Å². The molecule has 0 aliphatic carbocycles. The van der Waals surface area contributed by atoms with Crippen LogP contribution in [0.4, 0.5) is 0 Å². The minimum atomic E-state index is -4.45. The maximum Gasteiger partial charge on any atom is 2.00 e. The van der Waals surface area contributed by atoms with Gasteiger partial charge in [-0.15, -0.1) is 0 Å². The summed E-state index contributed by atoms with van der Waals surface area (Å²) in [6, 6.07) is 18.4. The summed E-state index contributed by atoms with van der Waals surface area (Å²) in [4.78, 5) is -0.216. The van der Waals surface area contributed by atoms with E-state index in [4.69, 9.17) is 0 Å². The summed E-state index contributed by atoms with van der Waals surface area (Å²) in [6.45, 7) is 9.04. The molecule has 0 atom stereocenters. The van der Waals surface area contributed by atoms with Gasteiger partial charge in [0.15, 0.2) is 0 Å². The number of hydrogen-bond acceptors (Lipinski definition) is 6. The molecule has 9 heteroatoms. The van der Waals surface area contributed by atoms with Crippen LogP contribution in [0.2, 0.25) is 0 Å². The van der Waals surface area contributed by atoms with Gasteiger partial charge in [0, 0.05) is 0 Å². The molecule has 6 nitrogen and oxygen atoms in total. The number of rotatable bonds is 42. The second-order valence-corrected chi connectivity index (χ2v) is 24.2. The van der Waals surface area contributed by atoms with E-state index in [1.54, 1.807) is 24.3 Å². The van der Waals surface area contributed by atoms with Crippen LogP contribution in [0.25, 0.3) is 21.5 Å². The zero-order chi connectivity index (χ0) is 52.1. The standard InChI is InChI=1S/2C32H52O3S.Ba/c2*1-3-5-7-9-11-13-15-17-19-21-28-23-24-29-25-26-30(36(33,34)35)27-32(29)31(28)22-20-18-16-14-12-10-8-6-4-2;/h2*23-27H,3-22H2,1-2H3,(H,33,34,35);/q;;+2/p-2. The fourth-order valence-electron chi connectivity index (χ4n) is 10.7.